The van der Waals surface area contributed by atoms with Crippen LogP contribution in [0, 0.1) is 12.7 Å². The average Bonchev–Trinajstić information content (AvgIpc) is 2.41. The van der Waals surface area contributed by atoms with Crippen LogP contribution in [0.15, 0.2) is 42.5 Å². The molecule has 0 spiro atoms. The average molecular weight is 258 g/mol. The van der Waals surface area contributed by atoms with Crippen LogP contribution in [0.5, 0.6) is 0 Å². The van der Waals surface area contributed by atoms with Crippen molar-refractivity contribution in [2.45, 2.75) is 6.92 Å². The van der Waals surface area contributed by atoms with Crippen molar-refractivity contribution in [3.63, 3.8) is 0 Å². The molecule has 0 aromatic heterocycles. The van der Waals surface area contributed by atoms with Crippen LogP contribution in [-0.4, -0.2) is 13.0 Å². The fourth-order valence-electron chi connectivity index (χ4n) is 1.87. The van der Waals surface area contributed by atoms with Crippen molar-refractivity contribution in [1.29, 1.82) is 0 Å². The number of anilines is 2. The first-order valence-electron chi connectivity index (χ1n) is 5.96. The lowest BCUT2D eigenvalue weighted by atomic mass is 10.1. The zero-order valence-electron chi connectivity index (χ0n) is 10.8. The van der Waals surface area contributed by atoms with Gasteiger partial charge in [0.1, 0.15) is 5.82 Å². The maximum absolute atomic E-state index is 13.6. The van der Waals surface area contributed by atoms with E-state index in [0.29, 0.717) is 0 Å². The van der Waals surface area contributed by atoms with Gasteiger partial charge in [-0.2, -0.15) is 0 Å². The number of para-hydroxylation sites is 2. The quantitative estimate of drug-likeness (QED) is 0.885. The predicted octanol–water partition coefficient (Wildman–Crippen LogP) is 3.43. The zero-order valence-corrected chi connectivity index (χ0v) is 10.8. The van der Waals surface area contributed by atoms with Gasteiger partial charge in [0, 0.05) is 12.7 Å². The van der Waals surface area contributed by atoms with Crippen molar-refractivity contribution >= 4 is 17.3 Å². The molecule has 1 amide bonds. The number of amides is 1. The third kappa shape index (κ3) is 2.73. The van der Waals surface area contributed by atoms with E-state index in [1.54, 1.807) is 13.1 Å². The van der Waals surface area contributed by atoms with Crippen LogP contribution in [0.2, 0.25) is 0 Å². The molecule has 0 saturated carbocycles. The zero-order chi connectivity index (χ0) is 13.8. The lowest BCUT2D eigenvalue weighted by Crippen LogP contribution is -2.15. The standard InChI is InChI=1S/C15H15FN2O/c1-10-6-3-4-9-13(10)18-15(19)11-7-5-8-12(16)14(11)17-2/h3-9,17H,1-2H3,(H,18,19). The molecule has 2 rings (SSSR count). The van der Waals surface area contributed by atoms with E-state index in [0.717, 1.165) is 11.3 Å². The molecule has 3 nitrogen and oxygen atoms in total. The Kier molecular flexibility index (Phi) is 3.80. The Morgan fingerprint density at radius 1 is 1.11 bits per heavy atom. The predicted molar refractivity (Wildman–Crippen MR) is 75.1 cm³/mol. The summed E-state index contributed by atoms with van der Waals surface area (Å²) in [6, 6.07) is 11.9. The molecule has 0 unspecified atom stereocenters. The molecular formula is C15H15FN2O. The van der Waals surface area contributed by atoms with Gasteiger partial charge in [0.25, 0.3) is 5.91 Å². The summed E-state index contributed by atoms with van der Waals surface area (Å²) >= 11 is 0. The lowest BCUT2D eigenvalue weighted by molar-refractivity contribution is 0.102. The molecule has 2 N–H and O–H groups in total. The van der Waals surface area contributed by atoms with Crippen LogP contribution in [0.1, 0.15) is 15.9 Å². The van der Waals surface area contributed by atoms with Gasteiger partial charge in [-0.25, -0.2) is 4.39 Å². The van der Waals surface area contributed by atoms with Crippen LogP contribution in [0.4, 0.5) is 15.8 Å². The Labute approximate surface area is 111 Å². The van der Waals surface area contributed by atoms with Crippen LogP contribution >= 0.6 is 0 Å². The van der Waals surface area contributed by atoms with E-state index in [4.69, 9.17) is 0 Å². The molecule has 0 atom stereocenters. The fourth-order valence-corrected chi connectivity index (χ4v) is 1.87. The van der Waals surface area contributed by atoms with E-state index in [2.05, 4.69) is 10.6 Å². The highest BCUT2D eigenvalue weighted by molar-refractivity contribution is 6.08. The number of halogens is 1. The van der Waals surface area contributed by atoms with Crippen molar-refractivity contribution in [2.24, 2.45) is 0 Å². The van der Waals surface area contributed by atoms with Crippen molar-refractivity contribution < 1.29 is 9.18 Å². The molecule has 0 radical (unpaired) electrons. The topological polar surface area (TPSA) is 41.1 Å². The molecule has 0 bridgehead atoms. The molecule has 2 aromatic rings. The minimum absolute atomic E-state index is 0.202. The van der Waals surface area contributed by atoms with Gasteiger partial charge in [-0.15, -0.1) is 0 Å². The van der Waals surface area contributed by atoms with Gasteiger partial charge < -0.3 is 10.6 Å². The number of benzene rings is 2. The van der Waals surface area contributed by atoms with E-state index in [9.17, 15) is 9.18 Å². The Morgan fingerprint density at radius 3 is 2.53 bits per heavy atom. The van der Waals surface area contributed by atoms with Crippen LogP contribution in [0.25, 0.3) is 0 Å². The highest BCUT2D eigenvalue weighted by atomic mass is 19.1. The van der Waals surface area contributed by atoms with Gasteiger partial charge in [0.2, 0.25) is 0 Å². The van der Waals surface area contributed by atoms with Gasteiger partial charge in [-0.05, 0) is 30.7 Å². The summed E-state index contributed by atoms with van der Waals surface area (Å²) in [7, 11) is 1.59. The second-order valence-electron chi connectivity index (χ2n) is 4.18. The van der Waals surface area contributed by atoms with E-state index >= 15 is 0 Å². The molecule has 0 aliphatic rings. The van der Waals surface area contributed by atoms with E-state index in [1.165, 1.54) is 12.1 Å². The van der Waals surface area contributed by atoms with Gasteiger partial charge in [0.15, 0.2) is 0 Å². The number of rotatable bonds is 3. The third-order valence-corrected chi connectivity index (χ3v) is 2.90. The Balaban J connectivity index is 2.31. The summed E-state index contributed by atoms with van der Waals surface area (Å²) in [5.74, 6) is -0.780. The largest absolute Gasteiger partial charge is 0.385 e. The first kappa shape index (κ1) is 13.1. The molecular weight excluding hydrogens is 243 g/mol. The second kappa shape index (κ2) is 5.52. The Bertz CT molecular complexity index is 611. The first-order valence-corrected chi connectivity index (χ1v) is 5.96. The minimum atomic E-state index is -0.445. The fraction of sp³-hybridized carbons (Fsp3) is 0.133. The normalized spacial score (nSPS) is 10.1. The van der Waals surface area contributed by atoms with Crippen LogP contribution in [-0.2, 0) is 0 Å². The Hall–Kier alpha value is -2.36. The summed E-state index contributed by atoms with van der Waals surface area (Å²) in [5, 5.41) is 5.49. The molecule has 0 aliphatic heterocycles. The molecule has 2 aromatic carbocycles. The number of aryl methyl sites for hydroxylation is 1. The van der Waals surface area contributed by atoms with E-state index in [1.807, 2.05) is 31.2 Å². The highest BCUT2D eigenvalue weighted by Crippen LogP contribution is 2.21. The van der Waals surface area contributed by atoms with Crippen molar-refractivity contribution in [3.05, 3.63) is 59.4 Å². The second-order valence-corrected chi connectivity index (χ2v) is 4.18. The van der Waals surface area contributed by atoms with Crippen molar-refractivity contribution in [3.8, 4) is 0 Å². The summed E-state index contributed by atoms with van der Waals surface area (Å²) in [6.45, 7) is 1.90. The van der Waals surface area contributed by atoms with Gasteiger partial charge in [0.05, 0.1) is 11.3 Å². The van der Waals surface area contributed by atoms with E-state index in [-0.39, 0.29) is 17.2 Å². The summed E-state index contributed by atoms with van der Waals surface area (Å²) in [4.78, 5) is 12.2. The number of nitrogens with one attached hydrogen (secondary N) is 2. The smallest absolute Gasteiger partial charge is 0.257 e. The summed E-state index contributed by atoms with van der Waals surface area (Å²) in [6.07, 6.45) is 0. The maximum atomic E-state index is 13.6. The highest BCUT2D eigenvalue weighted by Gasteiger charge is 2.14. The molecule has 0 saturated heterocycles. The maximum Gasteiger partial charge on any atom is 0.257 e. The summed E-state index contributed by atoms with van der Waals surface area (Å²) < 4.78 is 13.6. The lowest BCUT2D eigenvalue weighted by Gasteiger charge is -2.11. The number of hydrogen-bond acceptors (Lipinski definition) is 2. The van der Waals surface area contributed by atoms with Crippen molar-refractivity contribution in [2.75, 3.05) is 17.7 Å². The van der Waals surface area contributed by atoms with Crippen molar-refractivity contribution in [1.82, 2.24) is 0 Å². The minimum Gasteiger partial charge on any atom is -0.385 e. The van der Waals surface area contributed by atoms with Gasteiger partial charge >= 0.3 is 0 Å². The van der Waals surface area contributed by atoms with Gasteiger partial charge in [-0.3, -0.25) is 4.79 Å². The van der Waals surface area contributed by atoms with Crippen LogP contribution in [0.3, 0.4) is 0 Å². The van der Waals surface area contributed by atoms with E-state index < -0.39 is 5.82 Å². The molecule has 0 fully saturated rings. The molecule has 19 heavy (non-hydrogen) atoms. The molecule has 98 valence electrons. The monoisotopic (exact) mass is 258 g/mol. The Morgan fingerprint density at radius 2 is 1.84 bits per heavy atom. The van der Waals surface area contributed by atoms with Gasteiger partial charge in [-0.1, -0.05) is 24.3 Å². The first-order chi connectivity index (χ1) is 9.13. The molecule has 0 aliphatic carbocycles. The number of carbonyl (C=O) groups is 1. The molecule has 4 heteroatoms. The molecule has 0 heterocycles. The summed E-state index contributed by atoms with van der Waals surface area (Å²) in [5.41, 5.74) is 2.16. The van der Waals surface area contributed by atoms with Crippen LogP contribution < -0.4 is 10.6 Å². The number of carbonyl (C=O) groups excluding carboxylic acids is 1. The SMILES string of the molecule is CNc1c(F)cccc1C(=O)Nc1ccccc1C. The number of hydrogen-bond donors (Lipinski definition) is 2. The third-order valence-electron chi connectivity index (χ3n) is 2.90.